The summed E-state index contributed by atoms with van der Waals surface area (Å²) < 4.78 is 15.9. The van der Waals surface area contributed by atoms with Gasteiger partial charge in [-0.15, -0.1) is 0 Å². The van der Waals surface area contributed by atoms with E-state index < -0.39 is 0 Å². The summed E-state index contributed by atoms with van der Waals surface area (Å²) in [6.07, 6.45) is 2.84. The van der Waals surface area contributed by atoms with Gasteiger partial charge in [0.1, 0.15) is 0 Å². The van der Waals surface area contributed by atoms with Gasteiger partial charge in [-0.1, -0.05) is 6.07 Å². The highest BCUT2D eigenvalue weighted by molar-refractivity contribution is 5.97. The molecule has 1 aromatic rings. The first kappa shape index (κ1) is 19.0. The van der Waals surface area contributed by atoms with E-state index in [-0.39, 0.29) is 12.0 Å². The quantitative estimate of drug-likeness (QED) is 0.561. The standard InChI is InChI=1S/C18H27NO4/c1-13(2)23-10-6-9-19-18(20)14(3)11-15-7-8-16(21-4)17(12-15)22-5/h7-8,11-13H,6,9-10H2,1-5H3,(H,19,20)/b14-11+. The SMILES string of the molecule is COc1ccc(/C=C(\C)C(=O)NCCCOC(C)C)cc1OC. The van der Waals surface area contributed by atoms with E-state index >= 15 is 0 Å². The van der Waals surface area contributed by atoms with Crippen molar-refractivity contribution >= 4 is 12.0 Å². The van der Waals surface area contributed by atoms with Crippen molar-refractivity contribution in [3.8, 4) is 11.5 Å². The predicted molar refractivity (Wildman–Crippen MR) is 91.9 cm³/mol. The third-order valence-corrected chi connectivity index (χ3v) is 3.21. The Labute approximate surface area is 138 Å². The topological polar surface area (TPSA) is 56.8 Å². The molecule has 0 saturated heterocycles. The van der Waals surface area contributed by atoms with Crippen molar-refractivity contribution in [2.45, 2.75) is 33.3 Å². The molecule has 1 aromatic carbocycles. The maximum Gasteiger partial charge on any atom is 0.246 e. The molecular formula is C18H27NO4. The third kappa shape index (κ3) is 6.74. The summed E-state index contributed by atoms with van der Waals surface area (Å²) in [5.74, 6) is 1.22. The minimum atomic E-state index is -0.0793. The van der Waals surface area contributed by atoms with Crippen LogP contribution in [0.25, 0.3) is 6.08 Å². The smallest absolute Gasteiger partial charge is 0.246 e. The second kappa shape index (κ2) is 9.90. The minimum Gasteiger partial charge on any atom is -0.493 e. The molecule has 0 radical (unpaired) electrons. The van der Waals surface area contributed by atoms with Crippen LogP contribution in [-0.2, 0) is 9.53 Å². The van der Waals surface area contributed by atoms with Crippen LogP contribution < -0.4 is 14.8 Å². The van der Waals surface area contributed by atoms with Crippen LogP contribution in [0, 0.1) is 0 Å². The summed E-state index contributed by atoms with van der Waals surface area (Å²) in [4.78, 5) is 12.0. The van der Waals surface area contributed by atoms with Crippen LogP contribution in [0.5, 0.6) is 11.5 Å². The lowest BCUT2D eigenvalue weighted by Crippen LogP contribution is -2.26. The van der Waals surface area contributed by atoms with Gasteiger partial charge in [-0.3, -0.25) is 4.79 Å². The molecule has 1 rings (SSSR count). The van der Waals surface area contributed by atoms with E-state index in [9.17, 15) is 4.79 Å². The fourth-order valence-electron chi connectivity index (χ4n) is 1.99. The van der Waals surface area contributed by atoms with Gasteiger partial charge in [-0.05, 0) is 51.0 Å². The van der Waals surface area contributed by atoms with E-state index in [4.69, 9.17) is 14.2 Å². The molecule has 0 unspecified atom stereocenters. The number of hydrogen-bond donors (Lipinski definition) is 1. The van der Waals surface area contributed by atoms with Crippen LogP contribution in [0.1, 0.15) is 32.8 Å². The summed E-state index contributed by atoms with van der Waals surface area (Å²) in [6, 6.07) is 5.54. The van der Waals surface area contributed by atoms with Gasteiger partial charge in [0.2, 0.25) is 5.91 Å². The van der Waals surface area contributed by atoms with Crippen LogP contribution in [0.4, 0.5) is 0 Å². The average molecular weight is 321 g/mol. The fraction of sp³-hybridized carbons (Fsp3) is 0.500. The number of hydrogen-bond acceptors (Lipinski definition) is 4. The molecule has 0 bridgehead atoms. The second-order valence-corrected chi connectivity index (χ2v) is 5.47. The number of amides is 1. The summed E-state index contributed by atoms with van der Waals surface area (Å²) in [5, 5.41) is 2.88. The monoisotopic (exact) mass is 321 g/mol. The molecule has 0 atom stereocenters. The number of benzene rings is 1. The lowest BCUT2D eigenvalue weighted by Gasteiger charge is -2.09. The van der Waals surface area contributed by atoms with E-state index in [0.717, 1.165) is 12.0 Å². The Bertz CT molecular complexity index is 538. The molecular weight excluding hydrogens is 294 g/mol. The normalized spacial score (nSPS) is 11.5. The first-order valence-corrected chi connectivity index (χ1v) is 7.78. The Morgan fingerprint density at radius 3 is 2.52 bits per heavy atom. The molecule has 0 saturated carbocycles. The first-order chi connectivity index (χ1) is 11.0. The highest BCUT2D eigenvalue weighted by Crippen LogP contribution is 2.28. The predicted octanol–water partition coefficient (Wildman–Crippen LogP) is 3.04. The highest BCUT2D eigenvalue weighted by Gasteiger charge is 2.06. The molecule has 23 heavy (non-hydrogen) atoms. The van der Waals surface area contributed by atoms with E-state index in [1.807, 2.05) is 38.1 Å². The zero-order valence-corrected chi connectivity index (χ0v) is 14.6. The van der Waals surface area contributed by atoms with E-state index in [1.165, 1.54) is 0 Å². The summed E-state index contributed by atoms with van der Waals surface area (Å²) in [6.45, 7) is 7.03. The van der Waals surface area contributed by atoms with Gasteiger partial charge in [0, 0.05) is 18.7 Å². The maximum atomic E-state index is 12.0. The molecule has 5 nitrogen and oxygen atoms in total. The Morgan fingerprint density at radius 2 is 1.91 bits per heavy atom. The number of nitrogens with one attached hydrogen (secondary N) is 1. The largest absolute Gasteiger partial charge is 0.493 e. The molecule has 0 spiro atoms. The van der Waals surface area contributed by atoms with Crippen molar-refractivity contribution in [2.75, 3.05) is 27.4 Å². The summed E-state index contributed by atoms with van der Waals surface area (Å²) in [5.41, 5.74) is 1.53. The first-order valence-electron chi connectivity index (χ1n) is 7.78. The van der Waals surface area contributed by atoms with Gasteiger partial charge in [0.25, 0.3) is 0 Å². The van der Waals surface area contributed by atoms with E-state index in [2.05, 4.69) is 5.32 Å². The number of carbonyl (C=O) groups is 1. The maximum absolute atomic E-state index is 12.0. The van der Waals surface area contributed by atoms with E-state index in [0.29, 0.717) is 30.2 Å². The van der Waals surface area contributed by atoms with Crippen LogP contribution in [0.15, 0.2) is 23.8 Å². The molecule has 0 aliphatic carbocycles. The van der Waals surface area contributed by atoms with Gasteiger partial charge in [-0.2, -0.15) is 0 Å². The fourth-order valence-corrected chi connectivity index (χ4v) is 1.99. The lowest BCUT2D eigenvalue weighted by molar-refractivity contribution is -0.117. The Balaban J connectivity index is 2.56. The van der Waals surface area contributed by atoms with Crippen LogP contribution in [0.2, 0.25) is 0 Å². The van der Waals surface area contributed by atoms with Gasteiger partial charge in [0.15, 0.2) is 11.5 Å². The van der Waals surface area contributed by atoms with Crippen molar-refractivity contribution < 1.29 is 19.0 Å². The van der Waals surface area contributed by atoms with Crippen LogP contribution >= 0.6 is 0 Å². The van der Waals surface area contributed by atoms with Crippen LogP contribution in [0.3, 0.4) is 0 Å². The molecule has 1 amide bonds. The number of ether oxygens (including phenoxy) is 3. The van der Waals surface area contributed by atoms with Gasteiger partial charge >= 0.3 is 0 Å². The van der Waals surface area contributed by atoms with E-state index in [1.54, 1.807) is 21.1 Å². The molecule has 5 heteroatoms. The molecule has 0 heterocycles. The van der Waals surface area contributed by atoms with Crippen molar-refractivity contribution in [1.82, 2.24) is 5.32 Å². The van der Waals surface area contributed by atoms with Crippen molar-refractivity contribution in [3.05, 3.63) is 29.3 Å². The van der Waals surface area contributed by atoms with Gasteiger partial charge < -0.3 is 19.5 Å². The molecule has 0 fully saturated rings. The molecule has 0 aliphatic heterocycles. The molecule has 0 aromatic heterocycles. The number of carbonyl (C=O) groups excluding carboxylic acids is 1. The summed E-state index contributed by atoms with van der Waals surface area (Å²) in [7, 11) is 3.18. The lowest BCUT2D eigenvalue weighted by atomic mass is 10.1. The van der Waals surface area contributed by atoms with Crippen molar-refractivity contribution in [1.29, 1.82) is 0 Å². The average Bonchev–Trinajstić information content (AvgIpc) is 2.53. The Morgan fingerprint density at radius 1 is 1.22 bits per heavy atom. The Hall–Kier alpha value is -2.01. The second-order valence-electron chi connectivity index (χ2n) is 5.47. The van der Waals surface area contributed by atoms with Gasteiger partial charge in [0.05, 0.1) is 20.3 Å². The minimum absolute atomic E-state index is 0.0793. The van der Waals surface area contributed by atoms with Crippen LogP contribution in [-0.4, -0.2) is 39.4 Å². The zero-order valence-electron chi connectivity index (χ0n) is 14.6. The zero-order chi connectivity index (χ0) is 17.2. The number of rotatable bonds is 9. The highest BCUT2D eigenvalue weighted by atomic mass is 16.5. The summed E-state index contributed by atoms with van der Waals surface area (Å²) >= 11 is 0. The van der Waals surface area contributed by atoms with Gasteiger partial charge in [-0.25, -0.2) is 0 Å². The number of methoxy groups -OCH3 is 2. The molecule has 0 aliphatic rings. The molecule has 1 N–H and O–H groups in total. The Kier molecular flexibility index (Phi) is 8.19. The third-order valence-electron chi connectivity index (χ3n) is 3.21. The van der Waals surface area contributed by atoms with Crippen molar-refractivity contribution in [2.24, 2.45) is 0 Å². The van der Waals surface area contributed by atoms with Crippen molar-refractivity contribution in [3.63, 3.8) is 0 Å². The molecule has 128 valence electrons.